The third kappa shape index (κ3) is 2.39. The second-order valence-corrected chi connectivity index (χ2v) is 4.42. The molecule has 80 valence electrons. The Morgan fingerprint density at radius 3 is 1.94 bits per heavy atom. The fraction of sp³-hybridized carbons (Fsp3) is 0.0714. The van der Waals surface area contributed by atoms with Gasteiger partial charge in [0, 0.05) is 5.56 Å². The summed E-state index contributed by atoms with van der Waals surface area (Å²) in [4.78, 5) is 11.8. The van der Waals surface area contributed by atoms with Gasteiger partial charge in [-0.25, -0.2) is 0 Å². The first-order chi connectivity index (χ1) is 7.79. The van der Waals surface area contributed by atoms with E-state index in [9.17, 15) is 4.79 Å². The maximum absolute atomic E-state index is 12.1. The zero-order valence-electron chi connectivity index (χ0n) is 8.64. The van der Waals surface area contributed by atoms with Crippen molar-refractivity contribution < 1.29 is 4.79 Å². The molecule has 2 rings (SSSR count). The van der Waals surface area contributed by atoms with Crippen LogP contribution in [0.15, 0.2) is 60.7 Å². The Morgan fingerprint density at radius 1 is 0.875 bits per heavy atom. The Balaban J connectivity index is 2.24. The lowest BCUT2D eigenvalue weighted by atomic mass is 10.0. The molecule has 0 spiro atoms. The van der Waals surface area contributed by atoms with Crippen molar-refractivity contribution in [3.8, 4) is 0 Å². The molecule has 0 aliphatic carbocycles. The number of carbonyl (C=O) groups excluding carboxylic acids is 1. The average Bonchev–Trinajstić information content (AvgIpc) is 2.39. The van der Waals surface area contributed by atoms with E-state index >= 15 is 0 Å². The van der Waals surface area contributed by atoms with E-state index in [4.69, 9.17) is 0 Å². The summed E-state index contributed by atoms with van der Waals surface area (Å²) >= 11 is 3.44. The highest BCUT2D eigenvalue weighted by Crippen LogP contribution is 2.26. The second kappa shape index (κ2) is 5.08. The van der Waals surface area contributed by atoms with E-state index in [-0.39, 0.29) is 10.6 Å². The number of Topliss-reactive ketones (excluding diaryl/α,β-unsaturated/α-hetero) is 1. The third-order valence-electron chi connectivity index (χ3n) is 2.38. The van der Waals surface area contributed by atoms with Gasteiger partial charge >= 0.3 is 0 Å². The fourth-order valence-electron chi connectivity index (χ4n) is 1.52. The highest BCUT2D eigenvalue weighted by molar-refractivity contribution is 9.09. The van der Waals surface area contributed by atoms with E-state index in [0.29, 0.717) is 0 Å². The van der Waals surface area contributed by atoms with E-state index < -0.39 is 0 Å². The molecule has 0 fully saturated rings. The van der Waals surface area contributed by atoms with Gasteiger partial charge in [0.05, 0.1) is 0 Å². The summed E-state index contributed by atoms with van der Waals surface area (Å²) in [7, 11) is 0. The normalized spacial score (nSPS) is 12.1. The third-order valence-corrected chi connectivity index (χ3v) is 3.33. The number of halogens is 1. The van der Waals surface area contributed by atoms with Crippen LogP contribution in [0.4, 0.5) is 0 Å². The van der Waals surface area contributed by atoms with Crippen molar-refractivity contribution in [2.24, 2.45) is 0 Å². The van der Waals surface area contributed by atoms with Gasteiger partial charge in [0.1, 0.15) is 4.83 Å². The van der Waals surface area contributed by atoms with E-state index in [1.165, 1.54) is 0 Å². The minimum absolute atomic E-state index is 0.0896. The van der Waals surface area contributed by atoms with Crippen molar-refractivity contribution >= 4 is 21.7 Å². The maximum Gasteiger partial charge on any atom is 0.180 e. The summed E-state index contributed by atoms with van der Waals surface area (Å²) in [6, 6.07) is 19.0. The van der Waals surface area contributed by atoms with Crippen LogP contribution in [-0.4, -0.2) is 5.78 Å². The van der Waals surface area contributed by atoms with Gasteiger partial charge in [0.25, 0.3) is 0 Å². The molecule has 0 radical (unpaired) electrons. The summed E-state index contributed by atoms with van der Waals surface area (Å²) in [5, 5.41) is 0. The molecule has 16 heavy (non-hydrogen) atoms. The first-order valence-corrected chi connectivity index (χ1v) is 5.99. The van der Waals surface area contributed by atoms with E-state index in [1.807, 2.05) is 60.7 Å². The van der Waals surface area contributed by atoms with E-state index in [0.717, 1.165) is 11.1 Å². The van der Waals surface area contributed by atoms with Crippen molar-refractivity contribution in [1.82, 2.24) is 0 Å². The zero-order chi connectivity index (χ0) is 11.4. The molecule has 0 heterocycles. The van der Waals surface area contributed by atoms with Crippen LogP contribution in [0, 0.1) is 0 Å². The quantitative estimate of drug-likeness (QED) is 0.611. The van der Waals surface area contributed by atoms with Crippen molar-refractivity contribution in [2.75, 3.05) is 0 Å². The van der Waals surface area contributed by atoms with E-state index in [1.54, 1.807) is 0 Å². The van der Waals surface area contributed by atoms with E-state index in [2.05, 4.69) is 15.9 Å². The Bertz CT molecular complexity index is 465. The minimum Gasteiger partial charge on any atom is -0.293 e. The molecule has 0 N–H and O–H groups in total. The minimum atomic E-state index is -0.268. The number of carbonyl (C=O) groups is 1. The molecular weight excluding hydrogens is 264 g/mol. The predicted octanol–water partition coefficient (Wildman–Crippen LogP) is 4.01. The fourth-order valence-corrected chi connectivity index (χ4v) is 2.09. The topological polar surface area (TPSA) is 17.1 Å². The van der Waals surface area contributed by atoms with Crippen LogP contribution in [0.3, 0.4) is 0 Å². The first-order valence-electron chi connectivity index (χ1n) is 5.07. The SMILES string of the molecule is O=C(c1ccccc1)[C@@H](Br)c1ccccc1. The van der Waals surface area contributed by atoms with Gasteiger partial charge in [-0.2, -0.15) is 0 Å². The van der Waals surface area contributed by atoms with Gasteiger partial charge in [0.15, 0.2) is 5.78 Å². The largest absolute Gasteiger partial charge is 0.293 e. The lowest BCUT2D eigenvalue weighted by molar-refractivity contribution is 0.0991. The molecule has 0 aliphatic rings. The molecule has 2 aromatic carbocycles. The summed E-state index contributed by atoms with van der Waals surface area (Å²) in [6.07, 6.45) is 0. The molecular formula is C14H11BrO. The van der Waals surface area contributed by atoms with Crippen LogP contribution in [-0.2, 0) is 0 Å². The monoisotopic (exact) mass is 274 g/mol. The predicted molar refractivity (Wildman–Crippen MR) is 68.9 cm³/mol. The smallest absolute Gasteiger partial charge is 0.180 e. The molecule has 1 nitrogen and oxygen atoms in total. The Hall–Kier alpha value is -1.41. The molecule has 0 unspecified atom stereocenters. The second-order valence-electron chi connectivity index (χ2n) is 3.50. The molecule has 1 atom stereocenters. The van der Waals surface area contributed by atoms with Crippen LogP contribution in [0.25, 0.3) is 0 Å². The maximum atomic E-state index is 12.1. The van der Waals surface area contributed by atoms with Crippen LogP contribution in [0.5, 0.6) is 0 Å². The molecule has 0 saturated carbocycles. The molecule has 0 amide bonds. The summed E-state index contributed by atoms with van der Waals surface area (Å²) in [5.41, 5.74) is 1.71. The van der Waals surface area contributed by atoms with Crippen molar-refractivity contribution in [1.29, 1.82) is 0 Å². The zero-order valence-corrected chi connectivity index (χ0v) is 10.2. The highest BCUT2D eigenvalue weighted by Gasteiger charge is 2.17. The van der Waals surface area contributed by atoms with Crippen molar-refractivity contribution in [2.45, 2.75) is 4.83 Å². The summed E-state index contributed by atoms with van der Waals surface area (Å²) < 4.78 is 0. The lowest BCUT2D eigenvalue weighted by Crippen LogP contribution is -2.06. The Labute approximate surface area is 103 Å². The van der Waals surface area contributed by atoms with Crippen molar-refractivity contribution in [3.05, 3.63) is 71.8 Å². The van der Waals surface area contributed by atoms with Gasteiger partial charge in [-0.3, -0.25) is 4.79 Å². The molecule has 0 bridgehead atoms. The lowest BCUT2D eigenvalue weighted by Gasteiger charge is -2.08. The summed E-state index contributed by atoms with van der Waals surface area (Å²) in [6.45, 7) is 0. The molecule has 0 saturated heterocycles. The number of hydrogen-bond donors (Lipinski definition) is 0. The molecule has 0 aromatic heterocycles. The van der Waals surface area contributed by atoms with Crippen LogP contribution < -0.4 is 0 Å². The van der Waals surface area contributed by atoms with Gasteiger partial charge < -0.3 is 0 Å². The number of alkyl halides is 1. The Kier molecular flexibility index (Phi) is 3.52. The number of benzene rings is 2. The molecule has 2 heteroatoms. The number of hydrogen-bond acceptors (Lipinski definition) is 1. The van der Waals surface area contributed by atoms with Gasteiger partial charge in [-0.15, -0.1) is 0 Å². The Morgan fingerprint density at radius 2 is 1.38 bits per heavy atom. The highest BCUT2D eigenvalue weighted by atomic mass is 79.9. The summed E-state index contributed by atoms with van der Waals surface area (Å²) in [5.74, 6) is 0.0896. The number of rotatable bonds is 3. The first kappa shape index (κ1) is 11.1. The van der Waals surface area contributed by atoms with Crippen LogP contribution in [0.2, 0.25) is 0 Å². The van der Waals surface area contributed by atoms with Crippen molar-refractivity contribution in [3.63, 3.8) is 0 Å². The van der Waals surface area contributed by atoms with Gasteiger partial charge in [0.2, 0.25) is 0 Å². The van der Waals surface area contributed by atoms with Crippen LogP contribution in [0.1, 0.15) is 20.7 Å². The van der Waals surface area contributed by atoms with Gasteiger partial charge in [-0.1, -0.05) is 76.6 Å². The number of ketones is 1. The van der Waals surface area contributed by atoms with Gasteiger partial charge in [-0.05, 0) is 5.56 Å². The van der Waals surface area contributed by atoms with Crippen LogP contribution >= 0.6 is 15.9 Å². The molecule has 2 aromatic rings. The average molecular weight is 275 g/mol. The standard InChI is InChI=1S/C14H11BrO/c15-13(11-7-3-1-4-8-11)14(16)12-9-5-2-6-10-12/h1-10,13H/t13-/m0/s1. The molecule has 0 aliphatic heterocycles.